The maximum Gasteiger partial charge on any atom is 0.240 e. The number of hydrogen-bond donors (Lipinski definition) is 2. The smallest absolute Gasteiger partial charge is 0.240 e. The first-order valence-corrected chi connectivity index (χ1v) is 7.98. The highest BCUT2D eigenvalue weighted by atomic mass is 32.2. The average Bonchev–Trinajstić information content (AvgIpc) is 2.26. The zero-order valence-electron chi connectivity index (χ0n) is 9.88. The van der Waals surface area contributed by atoms with E-state index in [9.17, 15) is 8.42 Å². The lowest BCUT2D eigenvalue weighted by Gasteiger charge is -2.13. The topological polar surface area (TPSA) is 66.4 Å². The highest BCUT2D eigenvalue weighted by Crippen LogP contribution is 2.15. The molecule has 0 amide bonds. The molecule has 1 rings (SSSR count). The van der Waals surface area contributed by atoms with Crippen LogP contribution in [0.3, 0.4) is 0 Å². The van der Waals surface area contributed by atoms with Crippen LogP contribution < -0.4 is 4.72 Å². The van der Waals surface area contributed by atoms with Crippen LogP contribution in [-0.4, -0.2) is 31.1 Å². The van der Waals surface area contributed by atoms with Crippen LogP contribution in [0.15, 0.2) is 29.2 Å². The van der Waals surface area contributed by atoms with Crippen LogP contribution in [0.25, 0.3) is 0 Å². The van der Waals surface area contributed by atoms with Crippen LogP contribution in [0.4, 0.5) is 0 Å². The normalized spacial score (nSPS) is 13.5. The van der Waals surface area contributed by atoms with Crippen LogP contribution in [0.1, 0.15) is 13.8 Å². The molecule has 2 N–H and O–H groups in total. The van der Waals surface area contributed by atoms with Crippen molar-refractivity contribution in [3.05, 3.63) is 24.3 Å². The van der Waals surface area contributed by atoms with Crippen LogP contribution in [0.2, 0.25) is 0 Å². The Morgan fingerprint density at radius 2 is 1.94 bits per heavy atom. The summed E-state index contributed by atoms with van der Waals surface area (Å²) in [6.45, 7) is 3.87. The van der Waals surface area contributed by atoms with Gasteiger partial charge < -0.3 is 5.11 Å². The van der Waals surface area contributed by atoms with Crippen LogP contribution >= 0.6 is 11.8 Å². The summed E-state index contributed by atoms with van der Waals surface area (Å²) in [5.41, 5.74) is 0. The van der Waals surface area contributed by atoms with E-state index in [-0.39, 0.29) is 16.7 Å². The number of nitrogens with one attached hydrogen (secondary N) is 1. The van der Waals surface area contributed by atoms with Gasteiger partial charge in [-0.05, 0) is 36.9 Å². The number of aromatic hydroxyl groups is 1. The second kappa shape index (κ2) is 6.28. The first-order valence-electron chi connectivity index (χ1n) is 5.35. The Hall–Kier alpha value is -0.720. The molecule has 0 fully saturated rings. The van der Waals surface area contributed by atoms with Crippen LogP contribution in [0.5, 0.6) is 5.75 Å². The van der Waals surface area contributed by atoms with E-state index < -0.39 is 10.0 Å². The SMILES string of the molecule is CCSCC(C)NS(=O)(=O)c1ccc(O)cc1. The van der Waals surface area contributed by atoms with Gasteiger partial charge in [-0.25, -0.2) is 13.1 Å². The van der Waals surface area contributed by atoms with Gasteiger partial charge in [-0.1, -0.05) is 6.92 Å². The third-order valence-electron chi connectivity index (χ3n) is 2.08. The van der Waals surface area contributed by atoms with Gasteiger partial charge in [0.05, 0.1) is 4.90 Å². The van der Waals surface area contributed by atoms with Gasteiger partial charge in [-0.2, -0.15) is 11.8 Å². The Balaban J connectivity index is 2.71. The predicted molar refractivity (Wildman–Crippen MR) is 70.9 cm³/mol. The number of benzene rings is 1. The number of phenolic OH excluding ortho intramolecular Hbond substituents is 1. The predicted octanol–water partition coefficient (Wildman–Crippen LogP) is 1.81. The number of rotatable bonds is 6. The summed E-state index contributed by atoms with van der Waals surface area (Å²) < 4.78 is 26.4. The minimum atomic E-state index is -3.48. The molecule has 1 atom stereocenters. The zero-order chi connectivity index (χ0) is 12.9. The van der Waals surface area contributed by atoms with E-state index in [0.717, 1.165) is 11.5 Å². The van der Waals surface area contributed by atoms with E-state index in [1.54, 1.807) is 11.8 Å². The largest absolute Gasteiger partial charge is 0.508 e. The van der Waals surface area contributed by atoms with Crippen molar-refractivity contribution in [3.63, 3.8) is 0 Å². The van der Waals surface area contributed by atoms with E-state index in [2.05, 4.69) is 4.72 Å². The Morgan fingerprint density at radius 3 is 2.47 bits per heavy atom. The molecule has 6 heteroatoms. The van der Waals surface area contributed by atoms with Gasteiger partial charge in [-0.3, -0.25) is 0 Å². The van der Waals surface area contributed by atoms with E-state index >= 15 is 0 Å². The maximum atomic E-state index is 11.9. The molecule has 0 aliphatic heterocycles. The molecule has 0 bridgehead atoms. The minimum absolute atomic E-state index is 0.0542. The first kappa shape index (κ1) is 14.3. The van der Waals surface area contributed by atoms with Crippen molar-refractivity contribution in [2.24, 2.45) is 0 Å². The fraction of sp³-hybridized carbons (Fsp3) is 0.455. The van der Waals surface area contributed by atoms with Crippen molar-refractivity contribution >= 4 is 21.8 Å². The molecule has 17 heavy (non-hydrogen) atoms. The fourth-order valence-corrected chi connectivity index (χ4v) is 3.31. The summed E-state index contributed by atoms with van der Waals surface area (Å²) >= 11 is 1.69. The number of thioether (sulfide) groups is 1. The standard InChI is InChI=1S/C11H17NO3S2/c1-3-16-8-9(2)12-17(14,15)11-6-4-10(13)5-7-11/h4-7,9,12-13H,3,8H2,1-2H3. The van der Waals surface area contributed by atoms with Gasteiger partial charge in [0.15, 0.2) is 0 Å². The summed E-state index contributed by atoms with van der Waals surface area (Å²) in [7, 11) is -3.48. The van der Waals surface area contributed by atoms with Crippen molar-refractivity contribution in [1.82, 2.24) is 4.72 Å². The van der Waals surface area contributed by atoms with E-state index in [1.807, 2.05) is 13.8 Å². The third-order valence-corrected chi connectivity index (χ3v) is 4.82. The van der Waals surface area contributed by atoms with Gasteiger partial charge >= 0.3 is 0 Å². The molecule has 0 aliphatic rings. The van der Waals surface area contributed by atoms with E-state index in [0.29, 0.717) is 0 Å². The Morgan fingerprint density at radius 1 is 1.35 bits per heavy atom. The molecule has 1 aromatic rings. The molecule has 1 aromatic carbocycles. The number of phenols is 1. The van der Waals surface area contributed by atoms with Gasteiger partial charge in [0, 0.05) is 11.8 Å². The summed E-state index contributed by atoms with van der Waals surface area (Å²) in [5, 5.41) is 9.10. The lowest BCUT2D eigenvalue weighted by molar-refractivity contribution is 0.474. The summed E-state index contributed by atoms with van der Waals surface area (Å²) in [6.07, 6.45) is 0. The summed E-state index contributed by atoms with van der Waals surface area (Å²) in [6, 6.07) is 5.38. The van der Waals surface area contributed by atoms with Crippen LogP contribution in [-0.2, 0) is 10.0 Å². The van der Waals surface area contributed by atoms with Gasteiger partial charge in [0.25, 0.3) is 0 Å². The van der Waals surface area contributed by atoms with Crippen molar-refractivity contribution in [2.75, 3.05) is 11.5 Å². The first-order chi connectivity index (χ1) is 7.95. The van der Waals surface area contributed by atoms with Crippen molar-refractivity contribution in [1.29, 1.82) is 0 Å². The average molecular weight is 275 g/mol. The van der Waals surface area contributed by atoms with Crippen molar-refractivity contribution in [2.45, 2.75) is 24.8 Å². The summed E-state index contributed by atoms with van der Waals surface area (Å²) in [4.78, 5) is 0.170. The summed E-state index contributed by atoms with van der Waals surface area (Å²) in [5.74, 6) is 1.76. The molecule has 0 saturated carbocycles. The van der Waals surface area contributed by atoms with E-state index in [4.69, 9.17) is 5.11 Å². The lowest BCUT2D eigenvalue weighted by Crippen LogP contribution is -2.34. The number of hydrogen-bond acceptors (Lipinski definition) is 4. The Bertz CT molecular complexity index is 442. The molecular formula is C11H17NO3S2. The molecule has 0 aliphatic carbocycles. The third kappa shape index (κ3) is 4.57. The van der Waals surface area contributed by atoms with Gasteiger partial charge in [0.2, 0.25) is 10.0 Å². The van der Waals surface area contributed by atoms with Gasteiger partial charge in [-0.15, -0.1) is 0 Å². The molecule has 96 valence electrons. The van der Waals surface area contributed by atoms with Gasteiger partial charge in [0.1, 0.15) is 5.75 Å². The number of sulfonamides is 1. The molecule has 0 aromatic heterocycles. The zero-order valence-corrected chi connectivity index (χ0v) is 11.5. The maximum absolute atomic E-state index is 11.9. The molecule has 0 saturated heterocycles. The quantitative estimate of drug-likeness (QED) is 0.831. The van der Waals surface area contributed by atoms with Crippen molar-refractivity contribution < 1.29 is 13.5 Å². The molecule has 0 radical (unpaired) electrons. The molecule has 0 heterocycles. The highest BCUT2D eigenvalue weighted by Gasteiger charge is 2.16. The lowest BCUT2D eigenvalue weighted by atomic mass is 10.3. The minimum Gasteiger partial charge on any atom is -0.508 e. The second-order valence-electron chi connectivity index (χ2n) is 3.68. The molecular weight excluding hydrogens is 258 g/mol. The molecule has 4 nitrogen and oxygen atoms in total. The monoisotopic (exact) mass is 275 g/mol. The van der Waals surface area contributed by atoms with E-state index in [1.165, 1.54) is 24.3 Å². The Kier molecular flexibility index (Phi) is 5.30. The second-order valence-corrected chi connectivity index (χ2v) is 6.71. The van der Waals surface area contributed by atoms with Crippen molar-refractivity contribution in [3.8, 4) is 5.75 Å². The Labute approximate surface area is 106 Å². The fourth-order valence-electron chi connectivity index (χ4n) is 1.29. The highest BCUT2D eigenvalue weighted by molar-refractivity contribution is 7.99. The molecule has 0 spiro atoms. The molecule has 1 unspecified atom stereocenters. The van der Waals surface area contributed by atoms with Crippen LogP contribution in [0, 0.1) is 0 Å².